The molecule has 8 nitrogen and oxygen atoms in total. The van der Waals surface area contributed by atoms with Crippen LogP contribution in [0.2, 0.25) is 0 Å². The molecule has 8 heteroatoms. The zero-order chi connectivity index (χ0) is 26.1. The maximum atomic E-state index is 12.6. The molecule has 4 aromatic rings. The number of aromatic nitrogens is 2. The molecule has 0 aliphatic carbocycles. The second-order valence-corrected chi connectivity index (χ2v) is 9.75. The fourth-order valence-electron chi connectivity index (χ4n) is 5.17. The molecule has 1 fully saturated rings. The molecule has 0 radical (unpaired) electrons. The summed E-state index contributed by atoms with van der Waals surface area (Å²) in [5.41, 5.74) is 13.5. The third-order valence-electron chi connectivity index (χ3n) is 7.09. The van der Waals surface area contributed by atoms with Crippen molar-refractivity contribution < 1.29 is 9.47 Å². The molecule has 1 saturated heterocycles. The lowest BCUT2D eigenvalue weighted by Crippen LogP contribution is -2.36. The van der Waals surface area contributed by atoms with Crippen LogP contribution in [-0.4, -0.2) is 42.8 Å². The molecular formula is C30H31N5O3. The van der Waals surface area contributed by atoms with Gasteiger partial charge in [-0.2, -0.15) is 0 Å². The van der Waals surface area contributed by atoms with E-state index < -0.39 is 0 Å². The van der Waals surface area contributed by atoms with E-state index in [4.69, 9.17) is 15.2 Å². The van der Waals surface area contributed by atoms with Gasteiger partial charge in [0.25, 0.3) is 0 Å². The number of anilines is 2. The van der Waals surface area contributed by atoms with Crippen LogP contribution < -0.4 is 26.2 Å². The minimum absolute atomic E-state index is 0.0908. The maximum Gasteiger partial charge on any atom is 0.250 e. The number of fused-ring (bicyclic) bond motifs is 2. The van der Waals surface area contributed by atoms with E-state index in [1.165, 1.54) is 0 Å². The number of hydrogen-bond donors (Lipinski definition) is 3. The summed E-state index contributed by atoms with van der Waals surface area (Å²) in [6.45, 7) is 5.26. The van der Waals surface area contributed by atoms with Crippen LogP contribution in [0.1, 0.15) is 28.6 Å². The molecule has 0 bridgehead atoms. The van der Waals surface area contributed by atoms with E-state index in [0.717, 1.165) is 76.2 Å². The first-order chi connectivity index (χ1) is 18.6. The van der Waals surface area contributed by atoms with Crippen molar-refractivity contribution in [2.75, 3.05) is 43.1 Å². The summed E-state index contributed by atoms with van der Waals surface area (Å²) >= 11 is 0. The van der Waals surface area contributed by atoms with Crippen LogP contribution in [-0.2, 0) is 11.2 Å². The number of benzene rings is 2. The Kier molecular flexibility index (Phi) is 6.57. The van der Waals surface area contributed by atoms with E-state index in [1.54, 1.807) is 6.07 Å². The number of nitrogens with two attached hydrogens (primary N) is 1. The molecule has 0 spiro atoms. The van der Waals surface area contributed by atoms with Gasteiger partial charge in [0, 0.05) is 60.3 Å². The van der Waals surface area contributed by atoms with E-state index >= 15 is 0 Å². The lowest BCUT2D eigenvalue weighted by molar-refractivity contribution is 0.122. The summed E-state index contributed by atoms with van der Waals surface area (Å²) < 4.78 is 11.9. The minimum Gasteiger partial charge on any atom is -0.456 e. The first-order valence-electron chi connectivity index (χ1n) is 13.0. The Balaban J connectivity index is 1.28. The lowest BCUT2D eigenvalue weighted by atomic mass is 9.96. The van der Waals surface area contributed by atoms with Crippen molar-refractivity contribution in [2.45, 2.75) is 19.4 Å². The molecular weight excluding hydrogens is 478 g/mol. The fraction of sp³-hybridized carbons (Fsp3) is 0.267. The summed E-state index contributed by atoms with van der Waals surface area (Å²) in [4.78, 5) is 22.4. The van der Waals surface area contributed by atoms with Crippen molar-refractivity contribution in [3.8, 4) is 22.8 Å². The number of hydrogen-bond acceptors (Lipinski definition) is 7. The zero-order valence-electron chi connectivity index (χ0n) is 21.4. The summed E-state index contributed by atoms with van der Waals surface area (Å²) in [5, 5.41) is 3.53. The number of H-pyrrole nitrogens is 1. The van der Waals surface area contributed by atoms with Gasteiger partial charge in [-0.1, -0.05) is 18.2 Å². The van der Waals surface area contributed by atoms with Gasteiger partial charge >= 0.3 is 0 Å². The van der Waals surface area contributed by atoms with Gasteiger partial charge in [0.1, 0.15) is 11.5 Å². The van der Waals surface area contributed by atoms with Gasteiger partial charge in [-0.25, -0.2) is 0 Å². The SMILES string of the molecule is Cc1cccc(C(CN)Nc2ccc3c(c2)Cc2cccc(-c4cc(N5CCOCC5)cc(=O)[nH]4)c2O3)n1. The molecule has 194 valence electrons. The van der Waals surface area contributed by atoms with Crippen LogP contribution in [0.5, 0.6) is 11.5 Å². The second kappa shape index (κ2) is 10.3. The Bertz CT molecular complexity index is 1530. The minimum atomic E-state index is -0.133. The largest absolute Gasteiger partial charge is 0.456 e. The molecule has 4 N–H and O–H groups in total. The Morgan fingerprint density at radius 1 is 1.05 bits per heavy atom. The highest BCUT2D eigenvalue weighted by Crippen LogP contribution is 2.43. The number of aromatic amines is 1. The fourth-order valence-corrected chi connectivity index (χ4v) is 5.17. The van der Waals surface area contributed by atoms with Gasteiger partial charge < -0.3 is 30.4 Å². The van der Waals surface area contributed by atoms with Crippen LogP contribution in [0.3, 0.4) is 0 Å². The molecule has 38 heavy (non-hydrogen) atoms. The number of aryl methyl sites for hydroxylation is 1. The van der Waals surface area contributed by atoms with Gasteiger partial charge in [0.05, 0.1) is 30.6 Å². The van der Waals surface area contributed by atoms with E-state index in [2.05, 4.69) is 32.3 Å². The van der Waals surface area contributed by atoms with E-state index in [9.17, 15) is 4.79 Å². The Labute approximate surface area is 221 Å². The van der Waals surface area contributed by atoms with E-state index in [1.807, 2.05) is 55.5 Å². The predicted octanol–water partition coefficient (Wildman–Crippen LogP) is 4.39. The van der Waals surface area contributed by atoms with Crippen molar-refractivity contribution >= 4 is 11.4 Å². The van der Waals surface area contributed by atoms with Gasteiger partial charge in [-0.3, -0.25) is 9.78 Å². The molecule has 2 aliphatic rings. The highest BCUT2D eigenvalue weighted by atomic mass is 16.5. The van der Waals surface area contributed by atoms with Crippen LogP contribution in [0.4, 0.5) is 11.4 Å². The standard InChI is InChI=1S/C30H31N5O3/c1-19-4-2-7-25(32-19)27(18-31)33-22-8-9-28-21(15-22)14-20-5-3-6-24(30(20)38-28)26-16-23(17-29(36)34-26)35-10-12-37-13-11-35/h2-9,15-17,27,33H,10-14,18,31H2,1H3,(H,34,36). The summed E-state index contributed by atoms with van der Waals surface area (Å²) in [6.07, 6.45) is 0.720. The highest BCUT2D eigenvalue weighted by Gasteiger charge is 2.23. The normalized spacial score (nSPS) is 15.3. The van der Waals surface area contributed by atoms with Crippen LogP contribution in [0.25, 0.3) is 11.3 Å². The number of pyridine rings is 2. The summed E-state index contributed by atoms with van der Waals surface area (Å²) in [5.74, 6) is 1.58. The molecule has 2 aromatic carbocycles. The highest BCUT2D eigenvalue weighted by molar-refractivity contribution is 5.74. The number of morpholine rings is 1. The third-order valence-corrected chi connectivity index (χ3v) is 7.09. The van der Waals surface area contributed by atoms with E-state index in [0.29, 0.717) is 19.8 Å². The molecule has 1 unspecified atom stereocenters. The van der Waals surface area contributed by atoms with Crippen molar-refractivity contribution in [2.24, 2.45) is 5.73 Å². The summed E-state index contributed by atoms with van der Waals surface area (Å²) in [6, 6.07) is 21.8. The second-order valence-electron chi connectivity index (χ2n) is 9.75. The number of para-hydroxylation sites is 1. The lowest BCUT2D eigenvalue weighted by Gasteiger charge is -2.29. The van der Waals surface area contributed by atoms with Crippen LogP contribution in [0.15, 0.2) is 71.5 Å². The molecule has 2 aromatic heterocycles. The van der Waals surface area contributed by atoms with Gasteiger partial charge in [-0.05, 0) is 55.0 Å². The topological polar surface area (TPSA) is 106 Å². The van der Waals surface area contributed by atoms with Crippen molar-refractivity contribution in [1.29, 1.82) is 0 Å². The Hall–Kier alpha value is -4.14. The average molecular weight is 510 g/mol. The van der Waals surface area contributed by atoms with Gasteiger partial charge in [-0.15, -0.1) is 0 Å². The predicted molar refractivity (Wildman–Crippen MR) is 149 cm³/mol. The monoisotopic (exact) mass is 509 g/mol. The van der Waals surface area contributed by atoms with Crippen molar-refractivity contribution in [1.82, 2.24) is 9.97 Å². The first kappa shape index (κ1) is 24.2. The third kappa shape index (κ3) is 4.88. The number of rotatable bonds is 6. The molecule has 0 saturated carbocycles. The quantitative estimate of drug-likeness (QED) is 0.312. The number of ether oxygens (including phenoxy) is 2. The zero-order valence-corrected chi connectivity index (χ0v) is 21.4. The van der Waals surface area contributed by atoms with Crippen LogP contribution >= 0.6 is 0 Å². The summed E-state index contributed by atoms with van der Waals surface area (Å²) in [7, 11) is 0. The van der Waals surface area contributed by atoms with Gasteiger partial charge in [0.2, 0.25) is 5.56 Å². The average Bonchev–Trinajstić information content (AvgIpc) is 2.94. The van der Waals surface area contributed by atoms with Crippen molar-refractivity contribution in [3.05, 3.63) is 99.6 Å². The molecule has 0 amide bonds. The smallest absolute Gasteiger partial charge is 0.250 e. The van der Waals surface area contributed by atoms with Crippen molar-refractivity contribution in [3.63, 3.8) is 0 Å². The first-order valence-corrected chi connectivity index (χ1v) is 13.0. The van der Waals surface area contributed by atoms with Crippen LogP contribution in [0, 0.1) is 6.92 Å². The van der Waals surface area contributed by atoms with Gasteiger partial charge in [0.15, 0.2) is 0 Å². The maximum absolute atomic E-state index is 12.6. The molecule has 4 heterocycles. The Morgan fingerprint density at radius 3 is 2.71 bits per heavy atom. The van der Waals surface area contributed by atoms with E-state index in [-0.39, 0.29) is 11.6 Å². The Morgan fingerprint density at radius 2 is 1.89 bits per heavy atom. The molecule has 1 atom stereocenters. The molecule has 6 rings (SSSR count). The number of nitrogens with one attached hydrogen (secondary N) is 2. The molecule has 2 aliphatic heterocycles. The number of nitrogens with zero attached hydrogens (tertiary/aromatic N) is 2.